The largest absolute Gasteiger partial charge is 0.246 e. The average Bonchev–Trinajstić information content (AvgIpc) is 1.41. The Morgan fingerprint density at radius 1 is 1.80 bits per heavy atom. The van der Waals surface area contributed by atoms with E-state index in [0.29, 0.717) is 0 Å². The first-order chi connectivity index (χ1) is 2.41. The van der Waals surface area contributed by atoms with E-state index >= 15 is 0 Å². The van der Waals surface area contributed by atoms with Crippen LogP contribution in [0.3, 0.4) is 0 Å². The molecule has 0 aromatic carbocycles. The van der Waals surface area contributed by atoms with Gasteiger partial charge >= 0.3 is 0 Å². The Morgan fingerprint density at radius 3 is 2.40 bits per heavy atom. The van der Waals surface area contributed by atoms with Gasteiger partial charge in [0, 0.05) is 7.05 Å². The fourth-order valence-electron chi connectivity index (χ4n) is 0.0589. The summed E-state index contributed by atoms with van der Waals surface area (Å²) in [4.78, 5) is 4.11. The van der Waals surface area contributed by atoms with Gasteiger partial charge in [-0.25, -0.2) is 5.84 Å². The second-order valence-electron chi connectivity index (χ2n) is 0.424. The van der Waals surface area contributed by atoms with Crippen LogP contribution in [0, 0.1) is 0 Å². The van der Waals surface area contributed by atoms with Gasteiger partial charge in [0.2, 0.25) is 0 Å². The van der Waals surface area contributed by atoms with Gasteiger partial charge < -0.3 is 0 Å². The van der Waals surface area contributed by atoms with E-state index in [1.54, 1.807) is 7.05 Å². The highest BCUT2D eigenvalue weighted by atomic mass is 16.8. The number of hydrazine groups is 1. The van der Waals surface area contributed by atoms with Crippen LogP contribution in [0.2, 0.25) is 0 Å². The molecule has 0 aromatic heterocycles. The molecule has 32 valence electrons. The van der Waals surface area contributed by atoms with Crippen LogP contribution in [-0.4, -0.2) is 7.05 Å². The molecule has 0 saturated heterocycles. The lowest BCUT2D eigenvalue weighted by Gasteiger charge is -1.90. The molecular formula is CH7N3O. The lowest BCUT2D eigenvalue weighted by atomic mass is 11.6. The summed E-state index contributed by atoms with van der Waals surface area (Å²) in [5, 5.41) is 0. The Hall–Kier alpha value is -0.160. The second kappa shape index (κ2) is 3.84. The van der Waals surface area contributed by atoms with Gasteiger partial charge in [-0.1, -0.05) is 0 Å². The van der Waals surface area contributed by atoms with Crippen molar-refractivity contribution in [1.29, 1.82) is 0 Å². The Balaban J connectivity index is 2.19. The van der Waals surface area contributed by atoms with Crippen molar-refractivity contribution >= 4 is 0 Å². The molecule has 4 N–H and O–H groups in total. The standard InChI is InChI=1S/CH7N3O/c1-3-5-4-2/h3-4H,2H2,1H3. The van der Waals surface area contributed by atoms with Crippen LogP contribution >= 0.6 is 0 Å². The molecule has 0 unspecified atom stereocenters. The second-order valence-corrected chi connectivity index (χ2v) is 0.424. The molecule has 0 atom stereocenters. The van der Waals surface area contributed by atoms with Gasteiger partial charge in [0.15, 0.2) is 0 Å². The molecule has 4 heteroatoms. The lowest BCUT2D eigenvalue weighted by molar-refractivity contribution is -0.0255. The molecular weight excluding hydrogens is 70.0 g/mol. The highest BCUT2D eigenvalue weighted by molar-refractivity contribution is 3.77. The molecule has 5 heavy (non-hydrogen) atoms. The highest BCUT2D eigenvalue weighted by Gasteiger charge is 1.57. The molecule has 0 spiro atoms. The van der Waals surface area contributed by atoms with Crippen LogP contribution in [0.4, 0.5) is 0 Å². The Labute approximate surface area is 30.2 Å². The fraction of sp³-hybridized carbons (Fsp3) is 1.00. The van der Waals surface area contributed by atoms with E-state index in [-0.39, 0.29) is 0 Å². The summed E-state index contributed by atoms with van der Waals surface area (Å²) in [6, 6.07) is 0. The first kappa shape index (κ1) is 4.84. The SMILES string of the molecule is CNONN. The maximum absolute atomic E-state index is 4.60. The predicted molar refractivity (Wildman–Crippen MR) is 17.5 cm³/mol. The zero-order chi connectivity index (χ0) is 4.12. The van der Waals surface area contributed by atoms with Gasteiger partial charge in [-0.15, -0.1) is 5.59 Å². The van der Waals surface area contributed by atoms with Crippen LogP contribution in [0.5, 0.6) is 0 Å². The van der Waals surface area contributed by atoms with E-state index < -0.39 is 0 Å². The van der Waals surface area contributed by atoms with Crippen molar-refractivity contribution in [3.63, 3.8) is 0 Å². The molecule has 0 heterocycles. The van der Waals surface area contributed by atoms with Crippen molar-refractivity contribution in [3.8, 4) is 0 Å². The summed E-state index contributed by atoms with van der Waals surface area (Å²) in [5.74, 6) is 4.60. The number of rotatable bonds is 2. The average molecular weight is 77.1 g/mol. The van der Waals surface area contributed by atoms with Crippen molar-refractivity contribution in [2.45, 2.75) is 0 Å². The van der Waals surface area contributed by atoms with Crippen molar-refractivity contribution in [3.05, 3.63) is 0 Å². The first-order valence-electron chi connectivity index (χ1n) is 1.20. The van der Waals surface area contributed by atoms with Gasteiger partial charge in [-0.2, -0.15) is 10.4 Å². The van der Waals surface area contributed by atoms with Crippen LogP contribution < -0.4 is 16.9 Å². The minimum absolute atomic E-state index is 1.60. The first-order valence-corrected chi connectivity index (χ1v) is 1.20. The third kappa shape index (κ3) is 3.84. The third-order valence-electron chi connectivity index (χ3n) is 0.161. The molecule has 0 aliphatic carbocycles. The number of nitrogens with two attached hydrogens (primary N) is 1. The Kier molecular flexibility index (Phi) is 3.72. The Morgan fingerprint density at radius 2 is 2.40 bits per heavy atom. The summed E-state index contributed by atoms with van der Waals surface area (Å²) in [5.41, 5.74) is 4.19. The van der Waals surface area contributed by atoms with Crippen LogP contribution in [0.15, 0.2) is 0 Å². The number of hydroxylamine groups is 1. The van der Waals surface area contributed by atoms with Crippen molar-refractivity contribution in [2.24, 2.45) is 5.84 Å². The molecule has 0 saturated carbocycles. The Bertz CT molecular complexity index is 14.4. The topological polar surface area (TPSA) is 59.3 Å². The molecule has 0 aliphatic heterocycles. The van der Waals surface area contributed by atoms with Gasteiger partial charge in [-0.3, -0.25) is 0 Å². The van der Waals surface area contributed by atoms with Crippen molar-refractivity contribution < 1.29 is 4.94 Å². The molecule has 0 fully saturated rings. The number of nitrogens with one attached hydrogen (secondary N) is 2. The smallest absolute Gasteiger partial charge is 0.0115 e. The van der Waals surface area contributed by atoms with Crippen molar-refractivity contribution in [2.75, 3.05) is 7.05 Å². The maximum atomic E-state index is 4.60. The van der Waals surface area contributed by atoms with Gasteiger partial charge in [-0.05, 0) is 0 Å². The zero-order valence-corrected chi connectivity index (χ0v) is 2.99. The summed E-state index contributed by atoms with van der Waals surface area (Å²) >= 11 is 0. The van der Waals surface area contributed by atoms with Crippen LogP contribution in [0.1, 0.15) is 0 Å². The highest BCUT2D eigenvalue weighted by Crippen LogP contribution is 1.31. The number of hydrogen-bond donors (Lipinski definition) is 3. The monoisotopic (exact) mass is 77.1 g/mol. The molecule has 0 rings (SSSR count). The molecule has 0 amide bonds. The van der Waals surface area contributed by atoms with E-state index in [0.717, 1.165) is 0 Å². The van der Waals surface area contributed by atoms with Crippen molar-refractivity contribution in [1.82, 2.24) is 11.1 Å². The zero-order valence-electron chi connectivity index (χ0n) is 2.99. The third-order valence-corrected chi connectivity index (χ3v) is 0.161. The summed E-state index contributed by atoms with van der Waals surface area (Å²) in [7, 11) is 1.60. The fourth-order valence-corrected chi connectivity index (χ4v) is 0.0589. The van der Waals surface area contributed by atoms with Gasteiger partial charge in [0.1, 0.15) is 0 Å². The van der Waals surface area contributed by atoms with Crippen LogP contribution in [0.25, 0.3) is 0 Å². The molecule has 0 bridgehead atoms. The van der Waals surface area contributed by atoms with E-state index in [2.05, 4.69) is 16.3 Å². The lowest BCUT2D eigenvalue weighted by Crippen LogP contribution is -2.28. The maximum Gasteiger partial charge on any atom is 0.0115 e. The van der Waals surface area contributed by atoms with E-state index in [4.69, 9.17) is 0 Å². The quantitative estimate of drug-likeness (QED) is 0.278. The predicted octanol–water partition coefficient (Wildman–Crippen LogP) is -1.48. The molecule has 0 aliphatic rings. The van der Waals surface area contributed by atoms with E-state index in [1.807, 2.05) is 5.59 Å². The minimum atomic E-state index is 1.60. The molecule has 4 nitrogen and oxygen atoms in total. The van der Waals surface area contributed by atoms with E-state index in [9.17, 15) is 0 Å². The minimum Gasteiger partial charge on any atom is -0.246 e. The van der Waals surface area contributed by atoms with Gasteiger partial charge in [0.25, 0.3) is 0 Å². The summed E-state index contributed by atoms with van der Waals surface area (Å²) < 4.78 is 0. The van der Waals surface area contributed by atoms with Gasteiger partial charge in [0.05, 0.1) is 0 Å². The van der Waals surface area contributed by atoms with Crippen LogP contribution in [-0.2, 0) is 4.94 Å². The molecule has 0 radical (unpaired) electrons. The molecule has 0 aromatic rings. The summed E-state index contributed by atoms with van der Waals surface area (Å²) in [6.45, 7) is 0. The summed E-state index contributed by atoms with van der Waals surface area (Å²) in [6.07, 6.45) is 0. The normalized spacial score (nSPS) is 8.40. The number of hydrogen-bond acceptors (Lipinski definition) is 4. The van der Waals surface area contributed by atoms with E-state index in [1.165, 1.54) is 0 Å².